The molecule has 1 aliphatic carbocycles. The van der Waals surface area contributed by atoms with Crippen LogP contribution in [0.1, 0.15) is 25.3 Å². The standard InChI is InChI=1S/C27H32N4O2/c1-20(32)30(2)26-16-17-31(19-26)25-14-12-24(13-15-25)29-27(33)28-23-10-8-22(9-11-23)18-21-6-4-3-5-7-21/h3-10,12-15,23,26H,11,16-19H2,1-2H3,(H2,28,29,33). The zero-order valence-corrected chi connectivity index (χ0v) is 19.3. The van der Waals surface area contributed by atoms with Crippen LogP contribution in [0.25, 0.3) is 0 Å². The molecule has 4 rings (SSSR count). The van der Waals surface area contributed by atoms with E-state index in [0.717, 1.165) is 43.7 Å². The molecule has 172 valence electrons. The SMILES string of the molecule is CC(=O)N(C)C1CCN(c2ccc(NC(=O)NC3C=CC(Cc4ccccc4)=CC3)cc2)C1. The highest BCUT2D eigenvalue weighted by Crippen LogP contribution is 2.24. The van der Waals surface area contributed by atoms with Crippen LogP contribution < -0.4 is 15.5 Å². The van der Waals surface area contributed by atoms with Gasteiger partial charge in [-0.05, 0) is 54.7 Å². The van der Waals surface area contributed by atoms with E-state index in [0.29, 0.717) is 0 Å². The summed E-state index contributed by atoms with van der Waals surface area (Å²) >= 11 is 0. The summed E-state index contributed by atoms with van der Waals surface area (Å²) in [7, 11) is 1.86. The lowest BCUT2D eigenvalue weighted by atomic mass is 9.97. The first-order valence-electron chi connectivity index (χ1n) is 11.5. The molecular weight excluding hydrogens is 412 g/mol. The molecule has 1 saturated heterocycles. The van der Waals surface area contributed by atoms with Gasteiger partial charge in [-0.2, -0.15) is 0 Å². The van der Waals surface area contributed by atoms with Gasteiger partial charge in [0.25, 0.3) is 0 Å². The van der Waals surface area contributed by atoms with Crippen LogP contribution >= 0.6 is 0 Å². The van der Waals surface area contributed by atoms with Crippen molar-refractivity contribution in [1.29, 1.82) is 0 Å². The predicted molar refractivity (Wildman–Crippen MR) is 133 cm³/mol. The molecule has 2 unspecified atom stereocenters. The fourth-order valence-corrected chi connectivity index (χ4v) is 4.38. The Morgan fingerprint density at radius 1 is 1.09 bits per heavy atom. The largest absolute Gasteiger partial charge is 0.369 e. The molecule has 0 bridgehead atoms. The number of benzene rings is 2. The minimum atomic E-state index is -0.207. The molecular formula is C27H32N4O2. The summed E-state index contributed by atoms with van der Waals surface area (Å²) in [6, 6.07) is 18.3. The van der Waals surface area contributed by atoms with Gasteiger partial charge in [0.15, 0.2) is 0 Å². The van der Waals surface area contributed by atoms with Crippen molar-refractivity contribution in [3.63, 3.8) is 0 Å². The van der Waals surface area contributed by atoms with E-state index in [-0.39, 0.29) is 24.0 Å². The van der Waals surface area contributed by atoms with E-state index in [1.807, 2.05) is 42.3 Å². The summed E-state index contributed by atoms with van der Waals surface area (Å²) in [4.78, 5) is 28.2. The van der Waals surface area contributed by atoms with Crippen molar-refractivity contribution in [2.24, 2.45) is 0 Å². The Morgan fingerprint density at radius 3 is 2.52 bits per heavy atom. The minimum Gasteiger partial charge on any atom is -0.369 e. The van der Waals surface area contributed by atoms with Gasteiger partial charge in [-0.3, -0.25) is 4.79 Å². The molecule has 1 fully saturated rings. The molecule has 6 nitrogen and oxygen atoms in total. The summed E-state index contributed by atoms with van der Waals surface area (Å²) in [6.45, 7) is 3.36. The predicted octanol–water partition coefficient (Wildman–Crippen LogP) is 4.36. The third-order valence-electron chi connectivity index (χ3n) is 6.44. The van der Waals surface area contributed by atoms with Gasteiger partial charge in [0.2, 0.25) is 5.91 Å². The van der Waals surface area contributed by atoms with Crippen molar-refractivity contribution < 1.29 is 9.59 Å². The summed E-state index contributed by atoms with van der Waals surface area (Å²) < 4.78 is 0. The summed E-state index contributed by atoms with van der Waals surface area (Å²) in [5.41, 5.74) is 4.42. The second-order valence-corrected chi connectivity index (χ2v) is 8.81. The van der Waals surface area contributed by atoms with Gasteiger partial charge >= 0.3 is 6.03 Å². The van der Waals surface area contributed by atoms with E-state index < -0.39 is 0 Å². The first kappa shape index (κ1) is 22.6. The fourth-order valence-electron chi connectivity index (χ4n) is 4.38. The zero-order chi connectivity index (χ0) is 23.2. The molecule has 0 saturated carbocycles. The number of allylic oxidation sites excluding steroid dienone is 2. The average Bonchev–Trinajstić information content (AvgIpc) is 3.31. The Labute approximate surface area is 196 Å². The molecule has 2 aliphatic rings. The van der Waals surface area contributed by atoms with Crippen LogP contribution in [0.15, 0.2) is 78.4 Å². The second-order valence-electron chi connectivity index (χ2n) is 8.81. The van der Waals surface area contributed by atoms with Crippen molar-refractivity contribution in [2.75, 3.05) is 30.4 Å². The Hall–Kier alpha value is -3.54. The lowest BCUT2D eigenvalue weighted by molar-refractivity contribution is -0.129. The van der Waals surface area contributed by atoms with Crippen molar-refractivity contribution in [2.45, 2.75) is 38.3 Å². The maximum absolute atomic E-state index is 12.5. The van der Waals surface area contributed by atoms with Gasteiger partial charge in [0.1, 0.15) is 0 Å². The molecule has 33 heavy (non-hydrogen) atoms. The van der Waals surface area contributed by atoms with Crippen LogP contribution in [0.2, 0.25) is 0 Å². The molecule has 2 N–H and O–H groups in total. The van der Waals surface area contributed by atoms with Gasteiger partial charge in [0.05, 0.1) is 12.1 Å². The molecule has 0 aromatic heterocycles. The maximum atomic E-state index is 12.5. The number of amides is 3. The smallest absolute Gasteiger partial charge is 0.319 e. The molecule has 2 atom stereocenters. The highest BCUT2D eigenvalue weighted by atomic mass is 16.2. The van der Waals surface area contributed by atoms with Crippen LogP contribution in [0, 0.1) is 0 Å². The number of hydrogen-bond acceptors (Lipinski definition) is 3. The van der Waals surface area contributed by atoms with E-state index in [9.17, 15) is 9.59 Å². The van der Waals surface area contributed by atoms with Gasteiger partial charge < -0.3 is 20.4 Å². The molecule has 0 radical (unpaired) electrons. The third-order valence-corrected chi connectivity index (χ3v) is 6.44. The summed E-state index contributed by atoms with van der Waals surface area (Å²) in [5, 5.41) is 5.94. The van der Waals surface area contributed by atoms with Crippen LogP contribution in [-0.2, 0) is 11.2 Å². The number of urea groups is 1. The van der Waals surface area contributed by atoms with E-state index in [2.05, 4.69) is 58.0 Å². The molecule has 6 heteroatoms. The molecule has 1 aliphatic heterocycles. The van der Waals surface area contributed by atoms with Gasteiger partial charge in [-0.1, -0.05) is 48.6 Å². The zero-order valence-electron chi connectivity index (χ0n) is 19.3. The molecule has 1 heterocycles. The topological polar surface area (TPSA) is 64.7 Å². The molecule has 3 amide bonds. The monoisotopic (exact) mass is 444 g/mol. The van der Waals surface area contributed by atoms with Crippen LogP contribution in [0.4, 0.5) is 16.2 Å². The molecule has 2 aromatic rings. The number of anilines is 2. The maximum Gasteiger partial charge on any atom is 0.319 e. The highest BCUT2D eigenvalue weighted by molar-refractivity contribution is 5.89. The van der Waals surface area contributed by atoms with E-state index in [1.165, 1.54) is 11.1 Å². The van der Waals surface area contributed by atoms with Crippen molar-refractivity contribution in [3.8, 4) is 0 Å². The highest BCUT2D eigenvalue weighted by Gasteiger charge is 2.27. The van der Waals surface area contributed by atoms with E-state index in [1.54, 1.807) is 6.92 Å². The summed E-state index contributed by atoms with van der Waals surface area (Å²) in [5.74, 6) is 0.100. The first-order chi connectivity index (χ1) is 16.0. The first-order valence-corrected chi connectivity index (χ1v) is 11.5. The summed E-state index contributed by atoms with van der Waals surface area (Å²) in [6.07, 6.45) is 9.02. The van der Waals surface area contributed by atoms with E-state index >= 15 is 0 Å². The normalized spacial score (nSPS) is 19.7. The van der Waals surface area contributed by atoms with Crippen molar-refractivity contribution in [3.05, 3.63) is 84.0 Å². The van der Waals surface area contributed by atoms with Crippen LogP contribution in [0.5, 0.6) is 0 Å². The van der Waals surface area contributed by atoms with E-state index in [4.69, 9.17) is 0 Å². The Bertz CT molecular complexity index is 1030. The lowest BCUT2D eigenvalue weighted by Gasteiger charge is -2.24. The number of carbonyl (C=O) groups is 2. The fraction of sp³-hybridized carbons (Fsp3) is 0.333. The Kier molecular flexibility index (Phi) is 7.13. The van der Waals surface area contributed by atoms with Gasteiger partial charge in [-0.25, -0.2) is 4.79 Å². The number of nitrogens with one attached hydrogen (secondary N) is 2. The van der Waals surface area contributed by atoms with Gasteiger partial charge in [-0.15, -0.1) is 0 Å². The second kappa shape index (κ2) is 10.4. The minimum absolute atomic E-state index is 0.0106. The molecule has 0 spiro atoms. The Morgan fingerprint density at radius 2 is 1.85 bits per heavy atom. The van der Waals surface area contributed by atoms with Gasteiger partial charge in [0, 0.05) is 38.4 Å². The number of hydrogen-bond donors (Lipinski definition) is 2. The average molecular weight is 445 g/mol. The van der Waals surface area contributed by atoms with Crippen molar-refractivity contribution in [1.82, 2.24) is 10.2 Å². The molecule has 2 aromatic carbocycles. The quantitative estimate of drug-likeness (QED) is 0.696. The number of rotatable bonds is 6. The lowest BCUT2D eigenvalue weighted by Crippen LogP contribution is -2.37. The van der Waals surface area contributed by atoms with Crippen LogP contribution in [0.3, 0.4) is 0 Å². The van der Waals surface area contributed by atoms with Crippen molar-refractivity contribution >= 4 is 23.3 Å². The number of nitrogens with zero attached hydrogens (tertiary/aromatic N) is 2. The number of carbonyl (C=O) groups excluding carboxylic acids is 2. The van der Waals surface area contributed by atoms with Crippen LogP contribution in [-0.4, -0.2) is 49.1 Å². The number of likely N-dealkylation sites (N-methyl/N-ethyl adjacent to an activating group) is 1. The Balaban J connectivity index is 1.23. The third kappa shape index (κ3) is 6.04.